The van der Waals surface area contributed by atoms with Crippen molar-refractivity contribution >= 4 is 39.7 Å². The van der Waals surface area contributed by atoms with Crippen molar-refractivity contribution in [3.63, 3.8) is 0 Å². The quantitative estimate of drug-likeness (QED) is 0.509. The van der Waals surface area contributed by atoms with Crippen LogP contribution in [-0.2, 0) is 4.74 Å². The smallest absolute Gasteiger partial charge is 0.230 e. The molecule has 2 aromatic rings. The predicted molar refractivity (Wildman–Crippen MR) is 118 cm³/mol. The van der Waals surface area contributed by atoms with Gasteiger partial charge in [0.2, 0.25) is 5.95 Å². The van der Waals surface area contributed by atoms with Crippen molar-refractivity contribution in [1.29, 1.82) is 5.41 Å². The molecule has 0 spiro atoms. The molecule has 4 rings (SSSR count). The lowest BCUT2D eigenvalue weighted by atomic mass is 9.95. The molecule has 2 aliphatic rings. The van der Waals surface area contributed by atoms with Crippen molar-refractivity contribution in [3.05, 3.63) is 17.6 Å². The first kappa shape index (κ1) is 20.0. The minimum Gasteiger partial charge on any atom is -0.386 e. The minimum atomic E-state index is 0.372. The molecule has 8 nitrogen and oxygen atoms in total. The molecule has 0 amide bonds. The minimum absolute atomic E-state index is 0.372. The molecule has 0 aromatic carbocycles. The van der Waals surface area contributed by atoms with E-state index in [2.05, 4.69) is 25.3 Å². The number of allylic oxidation sites excluding steroid dienone is 1. The first-order chi connectivity index (χ1) is 14.2. The maximum absolute atomic E-state index is 7.75. The highest BCUT2D eigenvalue weighted by molar-refractivity contribution is 7.13. The van der Waals surface area contributed by atoms with Gasteiger partial charge in [-0.05, 0) is 44.1 Å². The largest absolute Gasteiger partial charge is 0.386 e. The van der Waals surface area contributed by atoms with Gasteiger partial charge >= 0.3 is 0 Å². The molecule has 0 bridgehead atoms. The zero-order chi connectivity index (χ0) is 20.1. The summed E-state index contributed by atoms with van der Waals surface area (Å²) in [6.45, 7) is 3.56. The van der Waals surface area contributed by atoms with Gasteiger partial charge in [0, 0.05) is 37.7 Å². The summed E-state index contributed by atoms with van der Waals surface area (Å²) in [7, 11) is 0. The fourth-order valence-corrected chi connectivity index (χ4v) is 4.68. The van der Waals surface area contributed by atoms with E-state index in [9.17, 15) is 0 Å². The zero-order valence-electron chi connectivity index (χ0n) is 16.8. The van der Waals surface area contributed by atoms with Crippen molar-refractivity contribution in [2.75, 3.05) is 23.8 Å². The SMILES string of the molecule is Cc1nsc2nc(N/C(C=N)=C/NC3CCOCC3)nc(NC3CCCCC3)c12. The normalized spacial score (nSPS) is 19.3. The number of anilines is 2. The van der Waals surface area contributed by atoms with Crippen LogP contribution in [0.1, 0.15) is 50.6 Å². The summed E-state index contributed by atoms with van der Waals surface area (Å²) in [4.78, 5) is 10.2. The highest BCUT2D eigenvalue weighted by Gasteiger charge is 2.19. The van der Waals surface area contributed by atoms with E-state index in [1.165, 1.54) is 49.9 Å². The molecule has 1 aliphatic carbocycles. The Kier molecular flexibility index (Phi) is 6.56. The number of rotatable bonds is 7. The average molecular weight is 416 g/mol. The van der Waals surface area contributed by atoms with Gasteiger partial charge in [-0.25, -0.2) is 0 Å². The maximum atomic E-state index is 7.75. The fourth-order valence-electron chi connectivity index (χ4n) is 3.91. The van der Waals surface area contributed by atoms with Crippen LogP contribution in [-0.4, -0.2) is 45.9 Å². The number of ether oxygens (including phenoxy) is 1. The van der Waals surface area contributed by atoms with Crippen LogP contribution in [0.5, 0.6) is 0 Å². The van der Waals surface area contributed by atoms with Crippen LogP contribution in [0.2, 0.25) is 0 Å². The van der Waals surface area contributed by atoms with Gasteiger partial charge in [0.05, 0.1) is 16.8 Å². The lowest BCUT2D eigenvalue weighted by Crippen LogP contribution is -2.32. The summed E-state index contributed by atoms with van der Waals surface area (Å²) in [5, 5.41) is 19.0. The lowest BCUT2D eigenvalue weighted by molar-refractivity contribution is 0.0812. The molecule has 1 saturated carbocycles. The molecule has 0 unspecified atom stereocenters. The van der Waals surface area contributed by atoms with Crippen LogP contribution >= 0.6 is 11.5 Å². The van der Waals surface area contributed by atoms with Crippen LogP contribution in [0.15, 0.2) is 11.9 Å². The van der Waals surface area contributed by atoms with E-state index >= 15 is 0 Å². The topological polar surface area (TPSA) is 108 Å². The molecule has 4 N–H and O–H groups in total. The molecule has 156 valence electrons. The lowest BCUT2D eigenvalue weighted by Gasteiger charge is -2.24. The maximum Gasteiger partial charge on any atom is 0.230 e. The molecule has 2 aromatic heterocycles. The number of hydrogen-bond donors (Lipinski definition) is 4. The van der Waals surface area contributed by atoms with Gasteiger partial charge in [0.1, 0.15) is 5.82 Å². The molecule has 1 aliphatic heterocycles. The first-order valence-corrected chi connectivity index (χ1v) is 11.2. The first-order valence-electron chi connectivity index (χ1n) is 10.4. The summed E-state index contributed by atoms with van der Waals surface area (Å²) in [6, 6.07) is 0.818. The molecule has 3 heterocycles. The predicted octanol–water partition coefficient (Wildman–Crippen LogP) is 3.81. The number of hydrogen-bond acceptors (Lipinski definition) is 9. The number of fused-ring (bicyclic) bond motifs is 1. The van der Waals surface area contributed by atoms with E-state index < -0.39 is 0 Å². The van der Waals surface area contributed by atoms with Gasteiger partial charge in [-0.15, -0.1) is 0 Å². The van der Waals surface area contributed by atoms with E-state index in [0.717, 1.165) is 47.8 Å². The Labute approximate surface area is 175 Å². The van der Waals surface area contributed by atoms with Crippen LogP contribution in [0.4, 0.5) is 11.8 Å². The highest BCUT2D eigenvalue weighted by atomic mass is 32.1. The Morgan fingerprint density at radius 2 is 1.90 bits per heavy atom. The average Bonchev–Trinajstić information content (AvgIpc) is 3.13. The highest BCUT2D eigenvalue weighted by Crippen LogP contribution is 2.30. The summed E-state index contributed by atoms with van der Waals surface area (Å²) < 4.78 is 9.87. The van der Waals surface area contributed by atoms with Crippen molar-refractivity contribution in [2.24, 2.45) is 0 Å². The van der Waals surface area contributed by atoms with Gasteiger partial charge in [0.25, 0.3) is 0 Å². The third-order valence-corrected chi connectivity index (χ3v) is 6.39. The van der Waals surface area contributed by atoms with Crippen LogP contribution < -0.4 is 16.0 Å². The third-order valence-electron chi connectivity index (χ3n) is 5.56. The van der Waals surface area contributed by atoms with Gasteiger partial charge in [-0.3, -0.25) is 0 Å². The van der Waals surface area contributed by atoms with E-state index in [4.69, 9.17) is 15.1 Å². The van der Waals surface area contributed by atoms with Gasteiger partial charge in [-0.2, -0.15) is 14.3 Å². The number of aromatic nitrogens is 3. The monoisotopic (exact) mass is 415 g/mol. The molecule has 9 heteroatoms. The van der Waals surface area contributed by atoms with E-state index in [0.29, 0.717) is 23.7 Å². The second-order valence-electron chi connectivity index (χ2n) is 7.75. The number of nitrogens with zero attached hydrogens (tertiary/aromatic N) is 3. The summed E-state index contributed by atoms with van der Waals surface area (Å²) in [5.41, 5.74) is 1.58. The molecule has 1 saturated heterocycles. The third kappa shape index (κ3) is 5.02. The molecule has 0 atom stereocenters. The molecular formula is C20H29N7OS. The van der Waals surface area contributed by atoms with E-state index in [1.807, 2.05) is 13.1 Å². The molecule has 0 radical (unpaired) electrons. The Morgan fingerprint density at radius 3 is 2.66 bits per heavy atom. The van der Waals surface area contributed by atoms with Crippen LogP contribution in [0.25, 0.3) is 10.2 Å². The second kappa shape index (κ2) is 9.49. The van der Waals surface area contributed by atoms with Gasteiger partial charge in [0.15, 0.2) is 4.83 Å². The Bertz CT molecular complexity index is 869. The standard InChI is InChI=1S/C20H29N7OS/c1-13-17-18(23-15-5-3-2-4-6-15)25-20(26-19(17)29-27-13)24-16(11-21)12-22-14-7-9-28-10-8-14/h11-12,14-15,21-22H,2-10H2,1H3,(H2,23,24,25,26)/b16-12+,21-11?. The van der Waals surface area contributed by atoms with Gasteiger partial charge < -0.3 is 26.1 Å². The zero-order valence-corrected chi connectivity index (χ0v) is 17.6. The fraction of sp³-hybridized carbons (Fsp3) is 0.600. The van der Waals surface area contributed by atoms with Crippen LogP contribution in [0, 0.1) is 12.3 Å². The van der Waals surface area contributed by atoms with E-state index in [1.54, 1.807) is 0 Å². The number of nitrogens with one attached hydrogen (secondary N) is 4. The van der Waals surface area contributed by atoms with Crippen LogP contribution in [0.3, 0.4) is 0 Å². The number of aryl methyl sites for hydroxylation is 1. The Hall–Kier alpha value is -2.26. The molecular weight excluding hydrogens is 386 g/mol. The van der Waals surface area contributed by atoms with Gasteiger partial charge in [-0.1, -0.05) is 19.3 Å². The van der Waals surface area contributed by atoms with Crippen molar-refractivity contribution in [2.45, 2.75) is 64.0 Å². The molecule has 29 heavy (non-hydrogen) atoms. The summed E-state index contributed by atoms with van der Waals surface area (Å²) in [6.07, 6.45) is 11.2. The Morgan fingerprint density at radius 1 is 1.10 bits per heavy atom. The van der Waals surface area contributed by atoms with Crippen molar-refractivity contribution < 1.29 is 4.74 Å². The molecule has 2 fully saturated rings. The summed E-state index contributed by atoms with van der Waals surface area (Å²) >= 11 is 1.39. The van der Waals surface area contributed by atoms with Crippen molar-refractivity contribution in [1.82, 2.24) is 19.7 Å². The second-order valence-corrected chi connectivity index (χ2v) is 8.50. The summed E-state index contributed by atoms with van der Waals surface area (Å²) in [5.74, 6) is 1.33. The Balaban J connectivity index is 1.53. The van der Waals surface area contributed by atoms with Crippen molar-refractivity contribution in [3.8, 4) is 0 Å². The van der Waals surface area contributed by atoms with E-state index in [-0.39, 0.29) is 0 Å².